The summed E-state index contributed by atoms with van der Waals surface area (Å²) in [5, 5.41) is 22.1. The second kappa shape index (κ2) is 4.77. The standard InChI is InChI=1S/C16H14N2O4/c1-16(15(21)22)17-13-8-3-2-7-12(13)14(20)18(16)10-5-4-6-11(19)9-10/h2-9,17,19H,1H3,(H,21,22). The number of carbonyl (C=O) groups is 2. The van der Waals surface area contributed by atoms with Crippen LogP contribution < -0.4 is 10.2 Å². The van der Waals surface area contributed by atoms with Crippen LogP contribution in [0.15, 0.2) is 48.5 Å². The summed E-state index contributed by atoms with van der Waals surface area (Å²) in [4.78, 5) is 25.7. The van der Waals surface area contributed by atoms with Gasteiger partial charge in [-0.15, -0.1) is 0 Å². The minimum Gasteiger partial charge on any atom is -0.508 e. The molecule has 0 saturated carbocycles. The van der Waals surface area contributed by atoms with Gasteiger partial charge in [-0.2, -0.15) is 0 Å². The van der Waals surface area contributed by atoms with E-state index in [9.17, 15) is 19.8 Å². The highest BCUT2D eigenvalue weighted by Gasteiger charge is 2.48. The van der Waals surface area contributed by atoms with Crippen LogP contribution in [0.2, 0.25) is 0 Å². The number of aromatic hydroxyl groups is 1. The fourth-order valence-electron chi connectivity index (χ4n) is 2.58. The Kier molecular flexibility index (Phi) is 3.02. The lowest BCUT2D eigenvalue weighted by Gasteiger charge is -2.43. The number of carboxylic acids is 1. The van der Waals surface area contributed by atoms with Crippen LogP contribution in [0.4, 0.5) is 11.4 Å². The number of benzene rings is 2. The number of hydrogen-bond acceptors (Lipinski definition) is 4. The molecule has 1 aliphatic heterocycles. The number of nitrogens with zero attached hydrogens (tertiary/aromatic N) is 1. The van der Waals surface area contributed by atoms with Gasteiger partial charge in [0, 0.05) is 11.8 Å². The van der Waals surface area contributed by atoms with Crippen molar-refractivity contribution in [1.29, 1.82) is 0 Å². The third-order valence-electron chi connectivity index (χ3n) is 3.69. The second-order valence-corrected chi connectivity index (χ2v) is 5.21. The van der Waals surface area contributed by atoms with Crippen LogP contribution in [0.1, 0.15) is 17.3 Å². The van der Waals surface area contributed by atoms with E-state index in [2.05, 4.69) is 5.32 Å². The highest BCUT2D eigenvalue weighted by molar-refractivity contribution is 6.16. The Morgan fingerprint density at radius 2 is 1.91 bits per heavy atom. The van der Waals surface area contributed by atoms with Crippen molar-refractivity contribution in [2.24, 2.45) is 0 Å². The molecule has 0 fully saturated rings. The summed E-state index contributed by atoms with van der Waals surface area (Å²) in [7, 11) is 0. The first-order valence-corrected chi connectivity index (χ1v) is 6.67. The highest BCUT2D eigenvalue weighted by Crippen LogP contribution is 2.36. The Hall–Kier alpha value is -3.02. The minimum atomic E-state index is -1.65. The van der Waals surface area contributed by atoms with Gasteiger partial charge in [0.25, 0.3) is 5.91 Å². The number of aliphatic carboxylic acids is 1. The van der Waals surface area contributed by atoms with Crippen LogP contribution in [0, 0.1) is 0 Å². The third kappa shape index (κ3) is 1.96. The predicted octanol–water partition coefficient (Wildman–Crippen LogP) is 2.27. The highest BCUT2D eigenvalue weighted by atomic mass is 16.4. The minimum absolute atomic E-state index is 0.0445. The molecule has 1 unspecified atom stereocenters. The molecule has 3 N–H and O–H groups in total. The van der Waals surface area contributed by atoms with E-state index in [0.717, 1.165) is 4.90 Å². The van der Waals surface area contributed by atoms with E-state index in [0.29, 0.717) is 16.9 Å². The second-order valence-electron chi connectivity index (χ2n) is 5.21. The van der Waals surface area contributed by atoms with Gasteiger partial charge >= 0.3 is 5.97 Å². The van der Waals surface area contributed by atoms with Gasteiger partial charge in [-0.3, -0.25) is 9.69 Å². The quantitative estimate of drug-likeness (QED) is 0.791. The van der Waals surface area contributed by atoms with E-state index in [1.807, 2.05) is 0 Å². The Labute approximate surface area is 126 Å². The molecule has 112 valence electrons. The SMILES string of the molecule is CC1(C(=O)O)Nc2ccccc2C(=O)N1c1cccc(O)c1. The van der Waals surface area contributed by atoms with E-state index < -0.39 is 17.5 Å². The van der Waals surface area contributed by atoms with Crippen LogP contribution >= 0.6 is 0 Å². The van der Waals surface area contributed by atoms with E-state index in [4.69, 9.17) is 0 Å². The number of carboxylic acid groups (broad SMARTS) is 1. The third-order valence-corrected chi connectivity index (χ3v) is 3.69. The number of phenolic OH excluding ortho intramolecular Hbond substituents is 1. The number of rotatable bonds is 2. The first-order valence-electron chi connectivity index (χ1n) is 6.67. The first-order chi connectivity index (χ1) is 10.4. The van der Waals surface area contributed by atoms with Crippen molar-refractivity contribution in [3.8, 4) is 5.75 Å². The lowest BCUT2D eigenvalue weighted by atomic mass is 9.99. The van der Waals surface area contributed by atoms with Crippen molar-refractivity contribution < 1.29 is 19.8 Å². The van der Waals surface area contributed by atoms with Crippen molar-refractivity contribution in [3.63, 3.8) is 0 Å². The van der Waals surface area contributed by atoms with Crippen molar-refractivity contribution in [3.05, 3.63) is 54.1 Å². The topological polar surface area (TPSA) is 89.9 Å². The van der Waals surface area contributed by atoms with E-state index in [1.165, 1.54) is 19.1 Å². The van der Waals surface area contributed by atoms with Gasteiger partial charge in [0.1, 0.15) is 5.75 Å². The molecule has 0 aliphatic carbocycles. The largest absolute Gasteiger partial charge is 0.508 e. The summed E-state index contributed by atoms with van der Waals surface area (Å²) in [6.45, 7) is 1.41. The average molecular weight is 298 g/mol. The number of hydrogen-bond donors (Lipinski definition) is 3. The van der Waals surface area contributed by atoms with Gasteiger partial charge in [-0.1, -0.05) is 18.2 Å². The van der Waals surface area contributed by atoms with Gasteiger partial charge in [-0.25, -0.2) is 4.79 Å². The summed E-state index contributed by atoms with van der Waals surface area (Å²) in [5.41, 5.74) is -0.505. The zero-order valence-electron chi connectivity index (χ0n) is 11.8. The molecule has 1 atom stereocenters. The summed E-state index contributed by atoms with van der Waals surface area (Å²) in [6, 6.07) is 12.7. The normalized spacial score (nSPS) is 20.2. The summed E-state index contributed by atoms with van der Waals surface area (Å²) in [6.07, 6.45) is 0. The zero-order chi connectivity index (χ0) is 15.9. The van der Waals surface area contributed by atoms with Gasteiger partial charge in [0.15, 0.2) is 0 Å². The molecule has 0 bridgehead atoms. The number of phenols is 1. The molecular weight excluding hydrogens is 284 g/mol. The molecule has 2 aromatic carbocycles. The molecule has 1 amide bonds. The zero-order valence-corrected chi connectivity index (χ0v) is 11.8. The van der Waals surface area contributed by atoms with E-state index in [-0.39, 0.29) is 5.75 Å². The molecular formula is C16H14N2O4. The molecule has 1 aliphatic rings. The number of para-hydroxylation sites is 1. The Bertz CT molecular complexity index is 774. The molecule has 2 aromatic rings. The predicted molar refractivity (Wildman–Crippen MR) is 81.0 cm³/mol. The molecule has 0 aromatic heterocycles. The van der Waals surface area contributed by atoms with Crippen LogP contribution in [-0.4, -0.2) is 27.8 Å². The van der Waals surface area contributed by atoms with Crippen molar-refractivity contribution in [2.75, 3.05) is 10.2 Å². The van der Waals surface area contributed by atoms with Gasteiger partial charge in [0.2, 0.25) is 5.66 Å². The molecule has 0 spiro atoms. The van der Waals surface area contributed by atoms with Gasteiger partial charge < -0.3 is 15.5 Å². The number of anilines is 2. The average Bonchev–Trinajstić information content (AvgIpc) is 2.47. The molecule has 6 nitrogen and oxygen atoms in total. The van der Waals surface area contributed by atoms with Crippen LogP contribution in [0.5, 0.6) is 5.75 Å². The Morgan fingerprint density at radius 3 is 2.59 bits per heavy atom. The monoisotopic (exact) mass is 298 g/mol. The summed E-state index contributed by atoms with van der Waals surface area (Å²) in [5.74, 6) is -1.68. The van der Waals surface area contributed by atoms with Crippen LogP contribution in [0.3, 0.4) is 0 Å². The number of nitrogens with one attached hydrogen (secondary N) is 1. The lowest BCUT2D eigenvalue weighted by Crippen LogP contribution is -2.63. The molecule has 6 heteroatoms. The van der Waals surface area contributed by atoms with Crippen molar-refractivity contribution in [1.82, 2.24) is 0 Å². The smallest absolute Gasteiger partial charge is 0.350 e. The van der Waals surface area contributed by atoms with Crippen LogP contribution in [-0.2, 0) is 4.79 Å². The van der Waals surface area contributed by atoms with Gasteiger partial charge in [-0.05, 0) is 31.2 Å². The molecule has 0 radical (unpaired) electrons. The maximum atomic E-state index is 12.8. The number of fused-ring (bicyclic) bond motifs is 1. The van der Waals surface area contributed by atoms with Crippen molar-refractivity contribution in [2.45, 2.75) is 12.6 Å². The fourth-order valence-corrected chi connectivity index (χ4v) is 2.58. The summed E-state index contributed by atoms with van der Waals surface area (Å²) < 4.78 is 0. The molecule has 0 saturated heterocycles. The van der Waals surface area contributed by atoms with E-state index in [1.54, 1.807) is 36.4 Å². The summed E-state index contributed by atoms with van der Waals surface area (Å²) >= 11 is 0. The lowest BCUT2D eigenvalue weighted by molar-refractivity contribution is -0.141. The molecule has 1 heterocycles. The van der Waals surface area contributed by atoms with Crippen LogP contribution in [0.25, 0.3) is 0 Å². The maximum absolute atomic E-state index is 12.8. The van der Waals surface area contributed by atoms with E-state index >= 15 is 0 Å². The van der Waals surface area contributed by atoms with Gasteiger partial charge in [0.05, 0.1) is 11.3 Å². The first kappa shape index (κ1) is 13.9. The number of amides is 1. The Morgan fingerprint density at radius 1 is 1.18 bits per heavy atom. The number of carbonyl (C=O) groups excluding carboxylic acids is 1. The molecule has 3 rings (SSSR count). The maximum Gasteiger partial charge on any atom is 0.350 e. The fraction of sp³-hybridized carbons (Fsp3) is 0.125. The molecule has 22 heavy (non-hydrogen) atoms. The van der Waals surface area contributed by atoms with Crippen molar-refractivity contribution >= 4 is 23.3 Å². The Balaban J connectivity index is 2.21.